The second-order valence-electron chi connectivity index (χ2n) is 4.44. The van der Waals surface area contributed by atoms with E-state index < -0.39 is 27.9 Å². The maximum atomic E-state index is 12.9. The lowest BCUT2D eigenvalue weighted by atomic mass is 10.1. The molecule has 0 radical (unpaired) electrons. The van der Waals surface area contributed by atoms with E-state index in [9.17, 15) is 17.6 Å². The molecule has 22 heavy (non-hydrogen) atoms. The average molecular weight is 323 g/mol. The Hall–Kier alpha value is -2.25. The fraction of sp³-hybridized carbons (Fsp3) is 0.133. The van der Waals surface area contributed by atoms with E-state index in [4.69, 9.17) is 0 Å². The van der Waals surface area contributed by atoms with Crippen LogP contribution in [0.15, 0.2) is 59.5 Å². The Morgan fingerprint density at radius 1 is 1.09 bits per heavy atom. The van der Waals surface area contributed by atoms with E-state index in [2.05, 4.69) is 9.46 Å². The summed E-state index contributed by atoms with van der Waals surface area (Å²) in [6.45, 7) is 0. The number of hydrogen-bond donors (Lipinski definition) is 1. The summed E-state index contributed by atoms with van der Waals surface area (Å²) < 4.78 is 44.4. The molecule has 0 aliphatic heterocycles. The first-order valence-electron chi connectivity index (χ1n) is 6.35. The third-order valence-corrected chi connectivity index (χ3v) is 4.41. The molecule has 0 aliphatic carbocycles. The molecule has 5 nitrogen and oxygen atoms in total. The van der Waals surface area contributed by atoms with Gasteiger partial charge in [-0.3, -0.25) is 0 Å². The van der Waals surface area contributed by atoms with Crippen molar-refractivity contribution < 1.29 is 22.3 Å². The van der Waals surface area contributed by atoms with Gasteiger partial charge in [-0.2, -0.15) is 4.72 Å². The average Bonchev–Trinajstić information content (AvgIpc) is 2.53. The van der Waals surface area contributed by atoms with Crippen molar-refractivity contribution in [3.05, 3.63) is 66.0 Å². The molecular formula is C15H14FNO4S. The summed E-state index contributed by atoms with van der Waals surface area (Å²) in [5.41, 5.74) is 0.444. The van der Waals surface area contributed by atoms with Crippen LogP contribution in [0.2, 0.25) is 0 Å². The molecule has 1 atom stereocenters. The van der Waals surface area contributed by atoms with Crippen LogP contribution in [0.3, 0.4) is 0 Å². The van der Waals surface area contributed by atoms with E-state index in [0.717, 1.165) is 24.3 Å². The number of sulfonamides is 1. The molecule has 1 N–H and O–H groups in total. The molecule has 116 valence electrons. The standard InChI is InChI=1S/C15H14FNO4S/c1-21-15(18)14(11-5-3-2-4-6-11)17-22(19,20)13-9-7-12(16)8-10-13/h2-10,14,17H,1H3/t14-/m1/s1. The van der Waals surface area contributed by atoms with Crippen LogP contribution >= 0.6 is 0 Å². The van der Waals surface area contributed by atoms with Gasteiger partial charge in [0.2, 0.25) is 10.0 Å². The van der Waals surface area contributed by atoms with Crippen LogP contribution in [0, 0.1) is 5.82 Å². The minimum atomic E-state index is -4.00. The highest BCUT2D eigenvalue weighted by atomic mass is 32.2. The predicted octanol–water partition coefficient (Wildman–Crippen LogP) is 2.02. The molecule has 0 aliphatic rings. The lowest BCUT2D eigenvalue weighted by Gasteiger charge is -2.17. The van der Waals surface area contributed by atoms with Gasteiger partial charge in [-0.25, -0.2) is 17.6 Å². The van der Waals surface area contributed by atoms with Crippen LogP contribution in [0.5, 0.6) is 0 Å². The topological polar surface area (TPSA) is 72.5 Å². The first-order chi connectivity index (χ1) is 10.4. The molecule has 0 unspecified atom stereocenters. The van der Waals surface area contributed by atoms with Gasteiger partial charge in [0.05, 0.1) is 12.0 Å². The first-order valence-corrected chi connectivity index (χ1v) is 7.83. The van der Waals surface area contributed by atoms with Crippen molar-refractivity contribution in [2.75, 3.05) is 7.11 Å². The number of benzene rings is 2. The molecular weight excluding hydrogens is 309 g/mol. The summed E-state index contributed by atoms with van der Waals surface area (Å²) in [4.78, 5) is 11.7. The summed E-state index contributed by atoms with van der Waals surface area (Å²) in [6, 6.07) is 11.4. The molecule has 0 heterocycles. The van der Waals surface area contributed by atoms with Gasteiger partial charge in [0.25, 0.3) is 0 Å². The van der Waals surface area contributed by atoms with Crippen LogP contribution in [0.1, 0.15) is 11.6 Å². The summed E-state index contributed by atoms with van der Waals surface area (Å²) in [7, 11) is -2.83. The lowest BCUT2D eigenvalue weighted by Crippen LogP contribution is -2.34. The number of esters is 1. The third-order valence-electron chi connectivity index (χ3n) is 2.97. The van der Waals surface area contributed by atoms with Crippen LogP contribution in [-0.2, 0) is 19.6 Å². The Labute approximate surface area is 127 Å². The van der Waals surface area contributed by atoms with Crippen LogP contribution in [0.25, 0.3) is 0 Å². The summed E-state index contributed by atoms with van der Waals surface area (Å²) >= 11 is 0. The molecule has 2 aromatic rings. The molecule has 7 heteroatoms. The van der Waals surface area contributed by atoms with E-state index in [1.54, 1.807) is 30.3 Å². The van der Waals surface area contributed by atoms with Crippen LogP contribution in [0.4, 0.5) is 4.39 Å². The lowest BCUT2D eigenvalue weighted by molar-refractivity contribution is -0.142. The Kier molecular flexibility index (Phi) is 4.89. The summed E-state index contributed by atoms with van der Waals surface area (Å²) in [5.74, 6) is -1.29. The maximum absolute atomic E-state index is 12.9. The van der Waals surface area contributed by atoms with E-state index in [-0.39, 0.29) is 4.90 Å². The van der Waals surface area contributed by atoms with E-state index in [1.807, 2.05) is 0 Å². The minimum absolute atomic E-state index is 0.140. The van der Waals surface area contributed by atoms with Crippen molar-refractivity contribution in [3.63, 3.8) is 0 Å². The van der Waals surface area contributed by atoms with Crippen molar-refractivity contribution in [2.24, 2.45) is 0 Å². The number of methoxy groups -OCH3 is 1. The maximum Gasteiger partial charge on any atom is 0.328 e. The molecule has 2 aromatic carbocycles. The minimum Gasteiger partial charge on any atom is -0.468 e. The van der Waals surface area contributed by atoms with Crippen LogP contribution < -0.4 is 4.72 Å². The number of rotatable bonds is 5. The first kappa shape index (κ1) is 16.1. The van der Waals surface area contributed by atoms with Gasteiger partial charge < -0.3 is 4.74 Å². The van der Waals surface area contributed by atoms with Gasteiger partial charge in [-0.1, -0.05) is 30.3 Å². The molecule has 2 rings (SSSR count). The van der Waals surface area contributed by atoms with E-state index in [0.29, 0.717) is 5.56 Å². The fourth-order valence-electron chi connectivity index (χ4n) is 1.85. The number of carbonyl (C=O) groups is 1. The van der Waals surface area contributed by atoms with Gasteiger partial charge >= 0.3 is 5.97 Å². The highest BCUT2D eigenvalue weighted by molar-refractivity contribution is 7.89. The fourth-order valence-corrected chi connectivity index (χ4v) is 3.03. The third kappa shape index (κ3) is 3.69. The zero-order valence-electron chi connectivity index (χ0n) is 11.7. The van der Waals surface area contributed by atoms with Crippen molar-refractivity contribution in [2.45, 2.75) is 10.9 Å². The van der Waals surface area contributed by atoms with Crippen molar-refractivity contribution in [1.82, 2.24) is 4.72 Å². The smallest absolute Gasteiger partial charge is 0.328 e. The normalized spacial score (nSPS) is 12.6. The predicted molar refractivity (Wildman–Crippen MR) is 77.9 cm³/mol. The number of halogens is 1. The van der Waals surface area contributed by atoms with Crippen molar-refractivity contribution in [1.29, 1.82) is 0 Å². The Morgan fingerprint density at radius 2 is 1.68 bits per heavy atom. The van der Waals surface area contributed by atoms with Gasteiger partial charge in [-0.05, 0) is 29.8 Å². The molecule has 0 amide bonds. The van der Waals surface area contributed by atoms with Gasteiger partial charge in [0.15, 0.2) is 0 Å². The van der Waals surface area contributed by atoms with E-state index >= 15 is 0 Å². The van der Waals surface area contributed by atoms with Gasteiger partial charge in [0.1, 0.15) is 11.9 Å². The Morgan fingerprint density at radius 3 is 2.23 bits per heavy atom. The monoisotopic (exact) mass is 323 g/mol. The van der Waals surface area contributed by atoms with Gasteiger partial charge in [-0.15, -0.1) is 0 Å². The van der Waals surface area contributed by atoms with Gasteiger partial charge in [0, 0.05) is 0 Å². The highest BCUT2D eigenvalue weighted by Gasteiger charge is 2.27. The molecule has 0 bridgehead atoms. The SMILES string of the molecule is COC(=O)[C@H](NS(=O)(=O)c1ccc(F)cc1)c1ccccc1. The second kappa shape index (κ2) is 6.67. The number of nitrogens with one attached hydrogen (secondary N) is 1. The zero-order valence-corrected chi connectivity index (χ0v) is 12.5. The number of hydrogen-bond acceptors (Lipinski definition) is 4. The molecule has 0 aromatic heterocycles. The number of carbonyl (C=O) groups excluding carboxylic acids is 1. The van der Waals surface area contributed by atoms with Crippen LogP contribution in [-0.4, -0.2) is 21.5 Å². The summed E-state index contributed by atoms with van der Waals surface area (Å²) in [6.07, 6.45) is 0. The zero-order chi connectivity index (χ0) is 16.2. The van der Waals surface area contributed by atoms with Crippen molar-refractivity contribution in [3.8, 4) is 0 Å². The molecule has 0 saturated heterocycles. The van der Waals surface area contributed by atoms with E-state index in [1.165, 1.54) is 7.11 Å². The highest BCUT2D eigenvalue weighted by Crippen LogP contribution is 2.18. The second-order valence-corrected chi connectivity index (χ2v) is 6.16. The molecule has 0 saturated carbocycles. The molecule has 0 spiro atoms. The molecule has 0 fully saturated rings. The summed E-state index contributed by atoms with van der Waals surface area (Å²) in [5, 5.41) is 0. The largest absolute Gasteiger partial charge is 0.468 e. The quantitative estimate of drug-likeness (QED) is 0.855. The number of ether oxygens (including phenoxy) is 1. The Bertz CT molecular complexity index is 745. The van der Waals surface area contributed by atoms with Crippen molar-refractivity contribution >= 4 is 16.0 Å². The Balaban J connectivity index is 2.34.